The normalized spacial score (nSPS) is 17.9. The minimum absolute atomic E-state index is 0.0133. The first-order valence-corrected chi connectivity index (χ1v) is 19.4. The van der Waals surface area contributed by atoms with Gasteiger partial charge in [0.25, 0.3) is 0 Å². The maximum atomic E-state index is 15.7. The molecule has 59 heavy (non-hydrogen) atoms. The van der Waals surface area contributed by atoms with Crippen LogP contribution in [0.5, 0.6) is 0 Å². The lowest BCUT2D eigenvalue weighted by atomic mass is 9.84. The summed E-state index contributed by atoms with van der Waals surface area (Å²) in [7, 11) is 0. The number of halogens is 3. The molecule has 2 aromatic carbocycles. The zero-order chi connectivity index (χ0) is 42.9. The number of benzene rings is 2. The Morgan fingerprint density at radius 3 is 1.95 bits per heavy atom. The number of carbonyl (C=O) groups excluding carboxylic acids is 4. The number of anilines is 1. The number of nitrogens with zero attached hydrogens (tertiary/aromatic N) is 3. The molecule has 1 unspecified atom stereocenters. The first-order chi connectivity index (χ1) is 27.8. The minimum atomic E-state index is -1.46. The molecule has 1 aromatic heterocycles. The van der Waals surface area contributed by atoms with E-state index in [1.807, 2.05) is 0 Å². The molecule has 0 bridgehead atoms. The quantitative estimate of drug-likeness (QED) is 0.203. The highest BCUT2D eigenvalue weighted by molar-refractivity contribution is 5.98. The fourth-order valence-corrected chi connectivity index (χ4v) is 6.64. The van der Waals surface area contributed by atoms with Crippen molar-refractivity contribution in [2.24, 2.45) is 0 Å². The number of rotatable bonds is 11. The summed E-state index contributed by atoms with van der Waals surface area (Å²) in [5.41, 5.74) is -0.896. The molecule has 2 saturated heterocycles. The Morgan fingerprint density at radius 1 is 0.797 bits per heavy atom. The van der Waals surface area contributed by atoms with Crippen molar-refractivity contribution in [3.05, 3.63) is 95.1 Å². The van der Waals surface area contributed by atoms with E-state index in [0.717, 1.165) is 6.20 Å². The summed E-state index contributed by atoms with van der Waals surface area (Å²) in [6, 6.07) is 9.08. The molecule has 0 radical (unpaired) electrons. The molecule has 0 saturated carbocycles. The molecule has 4 amide bonds. The first kappa shape index (κ1) is 44.7. The van der Waals surface area contributed by atoms with Crippen molar-refractivity contribution in [1.82, 2.24) is 20.1 Å². The van der Waals surface area contributed by atoms with Crippen LogP contribution in [0.15, 0.2) is 60.9 Å². The standard InChI is InChI=1S/C42H52F3N5O9/c1-41(2,3)58-38(52)48-36(35(26-7-11-28(43)12-8-26)27-9-13-29(44)14-10-27)37(51)47-34-22-46-21-33(45)32(34)16-15-30-23-50(40(54)59-42(4,5)6)24-31(57-30)25-56-39(53)49-17-19-55-20-18-49/h7-14,21-22,30-31,35-36H,15-20,23-25H2,1-6H3,(H,47,51)(H,48,52)/t30-,31+,36?/m1/s1. The van der Waals surface area contributed by atoms with Crippen molar-refractivity contribution in [2.45, 2.75) is 89.8 Å². The average molecular weight is 828 g/mol. The maximum Gasteiger partial charge on any atom is 0.410 e. The molecule has 0 spiro atoms. The van der Waals surface area contributed by atoms with Gasteiger partial charge < -0.3 is 44.1 Å². The van der Waals surface area contributed by atoms with Crippen molar-refractivity contribution >= 4 is 29.9 Å². The molecule has 3 heterocycles. The minimum Gasteiger partial charge on any atom is -0.447 e. The number of alkyl carbamates (subject to hydrolysis) is 1. The Labute approximate surface area is 341 Å². The summed E-state index contributed by atoms with van der Waals surface area (Å²) in [6.07, 6.45) is -1.12. The van der Waals surface area contributed by atoms with Crippen LogP contribution in [0.3, 0.4) is 0 Å². The largest absolute Gasteiger partial charge is 0.447 e. The van der Waals surface area contributed by atoms with Crippen LogP contribution in [0.1, 0.15) is 70.6 Å². The predicted molar refractivity (Wildman–Crippen MR) is 209 cm³/mol. The van der Waals surface area contributed by atoms with Crippen molar-refractivity contribution in [3.63, 3.8) is 0 Å². The number of carbonyl (C=O) groups is 4. The summed E-state index contributed by atoms with van der Waals surface area (Å²) < 4.78 is 72.2. The molecule has 2 aliphatic heterocycles. The van der Waals surface area contributed by atoms with Gasteiger partial charge in [0.1, 0.15) is 47.4 Å². The van der Waals surface area contributed by atoms with E-state index in [-0.39, 0.29) is 43.8 Å². The number of nitrogens with one attached hydrogen (secondary N) is 2. The van der Waals surface area contributed by atoms with E-state index in [9.17, 15) is 28.0 Å². The second-order valence-corrected chi connectivity index (χ2v) is 16.3. The van der Waals surface area contributed by atoms with Crippen LogP contribution in [0.25, 0.3) is 0 Å². The van der Waals surface area contributed by atoms with E-state index in [1.165, 1.54) is 64.5 Å². The van der Waals surface area contributed by atoms with Crippen LogP contribution in [-0.2, 0) is 34.9 Å². The Balaban J connectivity index is 1.39. The smallest absolute Gasteiger partial charge is 0.410 e. The van der Waals surface area contributed by atoms with E-state index < -0.39 is 77.0 Å². The Bertz CT molecular complexity index is 1870. The zero-order valence-electron chi connectivity index (χ0n) is 34.1. The second-order valence-electron chi connectivity index (χ2n) is 16.3. The molecule has 17 heteroatoms. The number of ether oxygens (including phenoxy) is 5. The van der Waals surface area contributed by atoms with Gasteiger partial charge in [-0.3, -0.25) is 9.78 Å². The highest BCUT2D eigenvalue weighted by Gasteiger charge is 2.37. The summed E-state index contributed by atoms with van der Waals surface area (Å²) in [4.78, 5) is 60.6. The average Bonchev–Trinajstić information content (AvgIpc) is 3.16. The lowest BCUT2D eigenvalue weighted by Gasteiger charge is -2.38. The van der Waals surface area contributed by atoms with Gasteiger partial charge in [0.15, 0.2) is 0 Å². The molecule has 3 atom stereocenters. The van der Waals surface area contributed by atoms with Gasteiger partial charge in [0.05, 0.1) is 50.5 Å². The highest BCUT2D eigenvalue weighted by Crippen LogP contribution is 2.31. The van der Waals surface area contributed by atoms with E-state index in [1.54, 1.807) is 41.5 Å². The van der Waals surface area contributed by atoms with Crippen molar-refractivity contribution in [1.29, 1.82) is 0 Å². The molecule has 2 fully saturated rings. The Kier molecular flexibility index (Phi) is 14.8. The molecule has 0 aliphatic carbocycles. The second kappa shape index (κ2) is 19.6. The fourth-order valence-electron chi connectivity index (χ4n) is 6.64. The molecule has 5 rings (SSSR count). The number of hydrogen-bond donors (Lipinski definition) is 2. The maximum absolute atomic E-state index is 15.7. The van der Waals surface area contributed by atoms with Crippen molar-refractivity contribution < 1.29 is 56.0 Å². The van der Waals surface area contributed by atoms with Crippen LogP contribution in [0, 0.1) is 17.5 Å². The third-order valence-corrected chi connectivity index (χ3v) is 9.27. The number of morpholine rings is 2. The van der Waals surface area contributed by atoms with E-state index in [4.69, 9.17) is 23.7 Å². The third-order valence-electron chi connectivity index (χ3n) is 9.27. The van der Waals surface area contributed by atoms with E-state index in [0.29, 0.717) is 37.4 Å². The number of pyridine rings is 1. The summed E-state index contributed by atoms with van der Waals surface area (Å²) >= 11 is 0. The number of amides is 4. The van der Waals surface area contributed by atoms with E-state index >= 15 is 4.39 Å². The third kappa shape index (κ3) is 13.3. The van der Waals surface area contributed by atoms with Gasteiger partial charge in [-0.1, -0.05) is 24.3 Å². The van der Waals surface area contributed by atoms with Crippen LogP contribution >= 0.6 is 0 Å². The van der Waals surface area contributed by atoms with Gasteiger partial charge in [-0.05, 0) is 89.8 Å². The van der Waals surface area contributed by atoms with Crippen LogP contribution in [-0.4, -0.2) is 114 Å². The monoisotopic (exact) mass is 827 g/mol. The van der Waals surface area contributed by atoms with Gasteiger partial charge in [-0.15, -0.1) is 0 Å². The fraction of sp³-hybridized carbons (Fsp3) is 0.500. The van der Waals surface area contributed by atoms with Gasteiger partial charge >= 0.3 is 18.3 Å². The molecule has 320 valence electrons. The van der Waals surface area contributed by atoms with E-state index in [2.05, 4.69) is 15.6 Å². The molecule has 14 nitrogen and oxygen atoms in total. The SMILES string of the molecule is CC(C)(C)OC(=O)NC(C(=O)Nc1cncc(F)c1CC[C@@H]1CN(C(=O)OC(C)(C)C)C[C@@H](COC(=O)N2CCOCC2)O1)C(c1ccc(F)cc1)c1ccc(F)cc1. The summed E-state index contributed by atoms with van der Waals surface area (Å²) in [5.74, 6) is -3.64. The number of aromatic nitrogens is 1. The predicted octanol–water partition coefficient (Wildman–Crippen LogP) is 6.57. The van der Waals surface area contributed by atoms with Crippen LogP contribution in [0.2, 0.25) is 0 Å². The molecule has 2 aliphatic rings. The van der Waals surface area contributed by atoms with Crippen LogP contribution < -0.4 is 10.6 Å². The molecular weight excluding hydrogens is 775 g/mol. The van der Waals surface area contributed by atoms with Crippen LogP contribution in [0.4, 0.5) is 33.2 Å². The first-order valence-electron chi connectivity index (χ1n) is 19.4. The van der Waals surface area contributed by atoms with Gasteiger partial charge in [0.2, 0.25) is 5.91 Å². The number of hydrogen-bond acceptors (Lipinski definition) is 10. The van der Waals surface area contributed by atoms with Gasteiger partial charge in [-0.25, -0.2) is 27.6 Å². The topological polar surface area (TPSA) is 158 Å². The van der Waals surface area contributed by atoms with Gasteiger partial charge in [-0.2, -0.15) is 0 Å². The van der Waals surface area contributed by atoms with Crippen molar-refractivity contribution in [3.8, 4) is 0 Å². The lowest BCUT2D eigenvalue weighted by Crippen LogP contribution is -2.53. The summed E-state index contributed by atoms with van der Waals surface area (Å²) in [6.45, 7) is 11.7. The molecule has 2 N–H and O–H groups in total. The zero-order valence-corrected chi connectivity index (χ0v) is 34.1. The van der Waals surface area contributed by atoms with Gasteiger partial charge in [0, 0.05) is 24.6 Å². The Hall–Kier alpha value is -5.42. The van der Waals surface area contributed by atoms with Crippen molar-refractivity contribution in [2.75, 3.05) is 51.3 Å². The highest BCUT2D eigenvalue weighted by atomic mass is 19.1. The summed E-state index contributed by atoms with van der Waals surface area (Å²) in [5, 5.41) is 5.34. The molecule has 3 aromatic rings. The molecular formula is C42H52F3N5O9. The lowest BCUT2D eigenvalue weighted by molar-refractivity contribution is -0.118. The Morgan fingerprint density at radius 2 is 1.37 bits per heavy atom.